The van der Waals surface area contributed by atoms with Crippen LogP contribution >= 0.6 is 0 Å². The maximum atomic E-state index is 11.8. The van der Waals surface area contributed by atoms with Crippen molar-refractivity contribution in [1.29, 1.82) is 0 Å². The summed E-state index contributed by atoms with van der Waals surface area (Å²) in [5.74, 6) is 0.0785. The Morgan fingerprint density at radius 2 is 2.11 bits per heavy atom. The molecule has 1 heterocycles. The van der Waals surface area contributed by atoms with Gasteiger partial charge in [-0.1, -0.05) is 19.4 Å². The van der Waals surface area contributed by atoms with Crippen molar-refractivity contribution in [3.8, 4) is 0 Å². The minimum absolute atomic E-state index is 0.0785. The molecule has 0 radical (unpaired) electrons. The Labute approximate surface area is 110 Å². The van der Waals surface area contributed by atoms with E-state index in [4.69, 9.17) is 0 Å². The lowest BCUT2D eigenvalue weighted by Gasteiger charge is -2.39. The summed E-state index contributed by atoms with van der Waals surface area (Å²) in [6.45, 7) is 10.4. The van der Waals surface area contributed by atoms with Gasteiger partial charge in [-0.15, -0.1) is 0 Å². The molecular formula is C15H24N2O. The Balaban J connectivity index is 2.42. The molecule has 100 valence electrons. The van der Waals surface area contributed by atoms with Gasteiger partial charge in [-0.2, -0.15) is 0 Å². The first-order valence-corrected chi connectivity index (χ1v) is 6.78. The molecule has 1 amide bonds. The molecule has 0 aromatic rings. The summed E-state index contributed by atoms with van der Waals surface area (Å²) in [6.07, 6.45) is 5.79. The highest BCUT2D eigenvalue weighted by molar-refractivity contribution is 5.75. The zero-order valence-electron chi connectivity index (χ0n) is 12.1. The van der Waals surface area contributed by atoms with Crippen molar-refractivity contribution in [3.63, 3.8) is 0 Å². The van der Waals surface area contributed by atoms with Gasteiger partial charge in [0.05, 0.1) is 6.04 Å². The average molecular weight is 248 g/mol. The number of hydrazine groups is 1. The predicted molar refractivity (Wildman–Crippen MR) is 73.5 cm³/mol. The number of allylic oxidation sites excluding steroid dienone is 2. The summed E-state index contributed by atoms with van der Waals surface area (Å²) in [4.78, 5) is 11.8. The number of amides is 1. The number of rotatable bonds is 1. The second-order valence-corrected chi connectivity index (χ2v) is 6.23. The number of hydrogen-bond acceptors (Lipinski definition) is 2. The summed E-state index contributed by atoms with van der Waals surface area (Å²) in [5, 5.41) is 1.77. The highest BCUT2D eigenvalue weighted by atomic mass is 16.2. The van der Waals surface area contributed by atoms with Gasteiger partial charge in [0.2, 0.25) is 5.91 Å². The molecule has 18 heavy (non-hydrogen) atoms. The fourth-order valence-electron chi connectivity index (χ4n) is 3.39. The standard InChI is InChI=1S/C15H24N2O/c1-10-7-6-8-15(4,5)14(10)13-9-11(2)16-17(13)12(3)18/h9,13,16H,6-8H2,1-5H3. The number of carbonyl (C=O) groups is 1. The van der Waals surface area contributed by atoms with Crippen LogP contribution in [-0.4, -0.2) is 17.0 Å². The number of hydrogen-bond donors (Lipinski definition) is 1. The molecule has 1 aliphatic carbocycles. The van der Waals surface area contributed by atoms with Crippen LogP contribution in [0.2, 0.25) is 0 Å². The van der Waals surface area contributed by atoms with Crippen molar-refractivity contribution in [2.75, 3.05) is 0 Å². The summed E-state index contributed by atoms with van der Waals surface area (Å²) in [7, 11) is 0. The van der Waals surface area contributed by atoms with E-state index in [1.54, 1.807) is 11.9 Å². The third-order valence-electron chi connectivity index (χ3n) is 4.16. The maximum absolute atomic E-state index is 11.8. The van der Waals surface area contributed by atoms with Crippen molar-refractivity contribution in [2.45, 2.75) is 59.9 Å². The first-order valence-electron chi connectivity index (χ1n) is 6.78. The van der Waals surface area contributed by atoms with Gasteiger partial charge in [-0.05, 0) is 50.2 Å². The van der Waals surface area contributed by atoms with E-state index in [-0.39, 0.29) is 17.4 Å². The fourth-order valence-corrected chi connectivity index (χ4v) is 3.39. The quantitative estimate of drug-likeness (QED) is 0.723. The molecule has 0 aromatic carbocycles. The molecule has 0 saturated heterocycles. The van der Waals surface area contributed by atoms with Crippen molar-refractivity contribution in [3.05, 3.63) is 22.9 Å². The minimum atomic E-state index is 0.0785. The molecular weight excluding hydrogens is 224 g/mol. The van der Waals surface area contributed by atoms with E-state index < -0.39 is 0 Å². The lowest BCUT2D eigenvalue weighted by molar-refractivity contribution is -0.131. The summed E-state index contributed by atoms with van der Waals surface area (Å²) in [5.41, 5.74) is 7.30. The lowest BCUT2D eigenvalue weighted by atomic mass is 9.70. The van der Waals surface area contributed by atoms with Gasteiger partial charge in [-0.25, -0.2) is 5.01 Å². The van der Waals surface area contributed by atoms with Gasteiger partial charge in [0.25, 0.3) is 0 Å². The van der Waals surface area contributed by atoms with Crippen molar-refractivity contribution >= 4 is 5.91 Å². The molecule has 1 N–H and O–H groups in total. The summed E-state index contributed by atoms with van der Waals surface area (Å²) < 4.78 is 0. The van der Waals surface area contributed by atoms with E-state index in [2.05, 4.69) is 32.3 Å². The van der Waals surface area contributed by atoms with E-state index in [9.17, 15) is 4.79 Å². The Kier molecular flexibility index (Phi) is 3.26. The van der Waals surface area contributed by atoms with Gasteiger partial charge in [-0.3, -0.25) is 10.2 Å². The van der Waals surface area contributed by atoms with Crippen LogP contribution in [0.15, 0.2) is 22.9 Å². The molecule has 0 aromatic heterocycles. The molecule has 0 bridgehead atoms. The van der Waals surface area contributed by atoms with Crippen LogP contribution in [0.4, 0.5) is 0 Å². The zero-order chi connectivity index (χ0) is 13.5. The molecule has 3 heteroatoms. The maximum Gasteiger partial charge on any atom is 0.238 e. The van der Waals surface area contributed by atoms with Gasteiger partial charge >= 0.3 is 0 Å². The zero-order valence-corrected chi connectivity index (χ0v) is 12.1. The van der Waals surface area contributed by atoms with Crippen molar-refractivity contribution < 1.29 is 4.79 Å². The average Bonchev–Trinajstić information content (AvgIpc) is 2.58. The van der Waals surface area contributed by atoms with Gasteiger partial charge < -0.3 is 0 Å². The number of nitrogens with zero attached hydrogens (tertiary/aromatic N) is 1. The molecule has 2 aliphatic rings. The van der Waals surface area contributed by atoms with Crippen molar-refractivity contribution in [2.24, 2.45) is 5.41 Å². The topological polar surface area (TPSA) is 32.3 Å². The first kappa shape index (κ1) is 13.2. The van der Waals surface area contributed by atoms with Crippen LogP contribution in [0, 0.1) is 5.41 Å². The van der Waals surface area contributed by atoms with Crippen LogP contribution in [-0.2, 0) is 4.79 Å². The number of nitrogens with one attached hydrogen (secondary N) is 1. The molecule has 0 saturated carbocycles. The van der Waals surface area contributed by atoms with Crippen molar-refractivity contribution in [1.82, 2.24) is 10.4 Å². The van der Waals surface area contributed by atoms with Crippen LogP contribution in [0.25, 0.3) is 0 Å². The van der Waals surface area contributed by atoms with E-state index in [1.165, 1.54) is 24.0 Å². The largest absolute Gasteiger partial charge is 0.300 e. The monoisotopic (exact) mass is 248 g/mol. The lowest BCUT2D eigenvalue weighted by Crippen LogP contribution is -2.46. The van der Waals surface area contributed by atoms with Crippen LogP contribution in [0.3, 0.4) is 0 Å². The van der Waals surface area contributed by atoms with E-state index in [0.717, 1.165) is 12.1 Å². The van der Waals surface area contributed by atoms with Gasteiger partial charge in [0, 0.05) is 12.6 Å². The highest BCUT2D eigenvalue weighted by Crippen LogP contribution is 2.44. The van der Waals surface area contributed by atoms with Gasteiger partial charge in [0.15, 0.2) is 0 Å². The van der Waals surface area contributed by atoms with E-state index in [0.29, 0.717) is 0 Å². The third-order valence-corrected chi connectivity index (χ3v) is 4.16. The molecule has 0 fully saturated rings. The van der Waals surface area contributed by atoms with Crippen LogP contribution in [0.5, 0.6) is 0 Å². The molecule has 0 spiro atoms. The SMILES string of the molecule is CC(=O)N1NC(C)=CC1C1=C(C)CCCC1(C)C. The van der Waals surface area contributed by atoms with Crippen LogP contribution in [0.1, 0.15) is 53.9 Å². The highest BCUT2D eigenvalue weighted by Gasteiger charge is 2.38. The normalized spacial score (nSPS) is 27.1. The fraction of sp³-hybridized carbons (Fsp3) is 0.667. The Bertz CT molecular complexity index is 432. The molecule has 1 aliphatic heterocycles. The Morgan fingerprint density at radius 1 is 1.44 bits per heavy atom. The molecule has 1 unspecified atom stereocenters. The summed E-state index contributed by atoms with van der Waals surface area (Å²) in [6, 6.07) is 0.0952. The van der Waals surface area contributed by atoms with E-state index in [1.807, 2.05) is 6.92 Å². The molecule has 3 nitrogen and oxygen atoms in total. The first-order chi connectivity index (χ1) is 8.33. The predicted octanol–water partition coefficient (Wildman–Crippen LogP) is 3.15. The molecule has 2 rings (SSSR count). The second kappa shape index (κ2) is 4.45. The number of carbonyl (C=O) groups excluding carboxylic acids is 1. The minimum Gasteiger partial charge on any atom is -0.300 e. The van der Waals surface area contributed by atoms with E-state index >= 15 is 0 Å². The summed E-state index contributed by atoms with van der Waals surface area (Å²) >= 11 is 0. The Morgan fingerprint density at radius 3 is 2.67 bits per heavy atom. The third kappa shape index (κ3) is 2.18. The Hall–Kier alpha value is -1.25. The van der Waals surface area contributed by atoms with Crippen LogP contribution < -0.4 is 5.43 Å². The van der Waals surface area contributed by atoms with Gasteiger partial charge in [0.1, 0.15) is 0 Å². The molecule has 1 atom stereocenters. The second-order valence-electron chi connectivity index (χ2n) is 6.23. The smallest absolute Gasteiger partial charge is 0.238 e.